The maximum atomic E-state index is 11.9. The summed E-state index contributed by atoms with van der Waals surface area (Å²) in [5.41, 5.74) is -1.25. The van der Waals surface area contributed by atoms with E-state index >= 15 is 0 Å². The first kappa shape index (κ1) is 21.5. The molecule has 0 bridgehead atoms. The summed E-state index contributed by atoms with van der Waals surface area (Å²) in [6.45, 7) is 1.74. The number of halogens is 1. The summed E-state index contributed by atoms with van der Waals surface area (Å²) in [4.78, 5) is 27.0. The first-order valence-electron chi connectivity index (χ1n) is 7.87. The van der Waals surface area contributed by atoms with E-state index < -0.39 is 28.5 Å². The molecule has 28 heavy (non-hydrogen) atoms. The fourth-order valence-corrected chi connectivity index (χ4v) is 3.00. The molecule has 1 unspecified atom stereocenters. The van der Waals surface area contributed by atoms with E-state index in [1.165, 1.54) is 30.0 Å². The summed E-state index contributed by atoms with van der Waals surface area (Å²) in [6, 6.07) is 6.14. The molecule has 0 radical (unpaired) electrons. The number of nitriles is 1. The third-order valence-corrected chi connectivity index (χ3v) is 4.56. The van der Waals surface area contributed by atoms with Crippen LogP contribution in [-0.4, -0.2) is 40.0 Å². The van der Waals surface area contributed by atoms with Gasteiger partial charge in [0.05, 0.1) is 34.6 Å². The van der Waals surface area contributed by atoms with Crippen LogP contribution in [0.4, 0.5) is 0 Å². The Balaban J connectivity index is 2.54. The number of hydrogen-bond acceptors (Lipinski definition) is 10. The molecule has 0 spiro atoms. The van der Waals surface area contributed by atoms with Gasteiger partial charge in [-0.1, -0.05) is 11.6 Å². The molecule has 10 nitrogen and oxygen atoms in total. The minimum absolute atomic E-state index is 0.00255. The molecule has 0 fully saturated rings. The van der Waals surface area contributed by atoms with Crippen molar-refractivity contribution in [1.29, 1.82) is 5.26 Å². The van der Waals surface area contributed by atoms with Crippen molar-refractivity contribution in [3.63, 3.8) is 0 Å². The molecule has 0 aromatic heterocycles. The highest BCUT2D eigenvalue weighted by Crippen LogP contribution is 2.32. The van der Waals surface area contributed by atoms with Gasteiger partial charge in [0.1, 0.15) is 11.5 Å². The predicted molar refractivity (Wildman–Crippen MR) is 103 cm³/mol. The second-order valence-corrected chi connectivity index (χ2v) is 6.60. The van der Waals surface area contributed by atoms with Crippen LogP contribution in [0, 0.1) is 21.4 Å². The van der Waals surface area contributed by atoms with Gasteiger partial charge < -0.3 is 9.47 Å². The van der Waals surface area contributed by atoms with Crippen molar-refractivity contribution in [2.24, 2.45) is 10.8 Å². The number of aliphatic imine (C=N–C) groups is 1. The zero-order valence-corrected chi connectivity index (χ0v) is 16.5. The van der Waals surface area contributed by atoms with E-state index in [4.69, 9.17) is 32.2 Å². The van der Waals surface area contributed by atoms with Gasteiger partial charge in [0.2, 0.25) is 0 Å². The molecule has 12 heteroatoms. The summed E-state index contributed by atoms with van der Waals surface area (Å²) in [5, 5.41) is 21.8. The quantitative estimate of drug-likeness (QED) is 0.301. The van der Waals surface area contributed by atoms with E-state index in [2.05, 4.69) is 4.99 Å². The normalized spacial score (nSPS) is 16.3. The van der Waals surface area contributed by atoms with Crippen molar-refractivity contribution in [3.8, 4) is 11.8 Å². The Morgan fingerprint density at radius 1 is 1.57 bits per heavy atom. The Morgan fingerprint density at radius 3 is 2.86 bits per heavy atom. The molecule has 1 aromatic carbocycles. The van der Waals surface area contributed by atoms with E-state index in [9.17, 15) is 14.9 Å². The van der Waals surface area contributed by atoms with Gasteiger partial charge >= 0.3 is 11.7 Å². The van der Waals surface area contributed by atoms with Gasteiger partial charge in [-0.2, -0.15) is 5.26 Å². The zero-order chi connectivity index (χ0) is 20.8. The number of carbonyl (C=O) groups excluding carboxylic acids is 1. The number of nitrogens with two attached hydrogens (primary N) is 1. The number of hydrogen-bond donors (Lipinski definition) is 1. The van der Waals surface area contributed by atoms with Crippen molar-refractivity contribution in [3.05, 3.63) is 50.5 Å². The minimum atomic E-state index is -0.777. The summed E-state index contributed by atoms with van der Waals surface area (Å²) < 4.78 is 10.5. The fourth-order valence-electron chi connectivity index (χ4n) is 2.29. The summed E-state index contributed by atoms with van der Waals surface area (Å²) >= 11 is 7.26. The molecule has 2 N–H and O–H groups in total. The number of ether oxygens (including phenoxy) is 2. The molecule has 0 aliphatic carbocycles. The Morgan fingerprint density at radius 2 is 2.29 bits per heavy atom. The van der Waals surface area contributed by atoms with Crippen molar-refractivity contribution in [1.82, 2.24) is 5.01 Å². The molecule has 1 aromatic rings. The number of esters is 1. The van der Waals surface area contributed by atoms with Crippen LogP contribution in [0.15, 0.2) is 34.8 Å². The van der Waals surface area contributed by atoms with E-state index in [1.54, 1.807) is 13.2 Å². The molecule has 1 aliphatic rings. The van der Waals surface area contributed by atoms with Crippen LogP contribution >= 0.6 is 23.4 Å². The molecule has 1 atom stereocenters. The lowest BCUT2D eigenvalue weighted by Crippen LogP contribution is -2.45. The van der Waals surface area contributed by atoms with Crippen molar-refractivity contribution in [2.75, 3.05) is 12.9 Å². The van der Waals surface area contributed by atoms with Gasteiger partial charge in [0.15, 0.2) is 5.50 Å². The Hall–Kier alpha value is -2.81. The number of allylic oxidation sites excluding steroid dienone is 1. The number of benzene rings is 1. The van der Waals surface area contributed by atoms with Crippen LogP contribution in [0.1, 0.15) is 18.9 Å². The molecule has 1 aliphatic heterocycles. The first-order chi connectivity index (χ1) is 13.3. The van der Waals surface area contributed by atoms with Crippen LogP contribution in [0.25, 0.3) is 0 Å². The lowest BCUT2D eigenvalue weighted by Gasteiger charge is -2.30. The zero-order valence-electron chi connectivity index (χ0n) is 14.9. The average molecular weight is 426 g/mol. The number of rotatable bonds is 7. The van der Waals surface area contributed by atoms with E-state index in [0.717, 1.165) is 5.01 Å². The molecule has 1 heterocycles. The fraction of sp³-hybridized carbons (Fsp3) is 0.312. The second kappa shape index (κ2) is 9.41. The van der Waals surface area contributed by atoms with Crippen LogP contribution in [0.5, 0.6) is 5.75 Å². The van der Waals surface area contributed by atoms with Gasteiger partial charge in [-0.15, -0.1) is 11.8 Å². The van der Waals surface area contributed by atoms with E-state index in [0.29, 0.717) is 0 Å². The van der Waals surface area contributed by atoms with Gasteiger partial charge in [0.25, 0.3) is 5.88 Å². The van der Waals surface area contributed by atoms with Crippen molar-refractivity contribution >= 4 is 35.0 Å². The largest absolute Gasteiger partial charge is 0.466 e. The van der Waals surface area contributed by atoms with Gasteiger partial charge in [-0.25, -0.2) is 15.8 Å². The summed E-state index contributed by atoms with van der Waals surface area (Å²) in [6.07, 6.45) is 1.27. The first-order valence-corrected chi connectivity index (χ1v) is 9.54. The van der Waals surface area contributed by atoms with Crippen molar-refractivity contribution in [2.45, 2.75) is 18.8 Å². The maximum Gasteiger partial charge on any atom is 0.352 e. The SMILES string of the molecule is CCOC(=O)CC1=NC(SC)N(N)C(Oc2cc(C#N)ccc2Cl)=C1[N+](=O)[O-]. The molecule has 0 saturated carbocycles. The highest BCUT2D eigenvalue weighted by molar-refractivity contribution is 7.99. The number of carbonyl (C=O) groups is 1. The van der Waals surface area contributed by atoms with Gasteiger partial charge in [0, 0.05) is 6.07 Å². The second-order valence-electron chi connectivity index (χ2n) is 5.30. The minimum Gasteiger partial charge on any atom is -0.466 e. The highest BCUT2D eigenvalue weighted by Gasteiger charge is 2.39. The predicted octanol–water partition coefficient (Wildman–Crippen LogP) is 2.27. The lowest BCUT2D eigenvalue weighted by atomic mass is 10.2. The average Bonchev–Trinajstić information content (AvgIpc) is 2.65. The molecule has 148 valence electrons. The number of thioether (sulfide) groups is 1. The topological polar surface area (TPSA) is 144 Å². The third-order valence-electron chi connectivity index (χ3n) is 3.49. The Kier molecular flexibility index (Phi) is 7.22. The standard InChI is InChI=1S/C16H16ClN5O5S/c1-3-26-13(23)7-11-14(22(24)25)15(21(19)16(20-11)28-2)27-12-6-9(8-18)4-5-10(12)17/h4-6,16H,3,7,19H2,1-2H3. The molecule has 0 amide bonds. The summed E-state index contributed by atoms with van der Waals surface area (Å²) in [5.74, 6) is 4.96. The van der Waals surface area contributed by atoms with Gasteiger partial charge in [-0.05, 0) is 25.3 Å². The Labute approximate surface area is 169 Å². The van der Waals surface area contributed by atoms with Gasteiger partial charge in [-0.3, -0.25) is 14.9 Å². The summed E-state index contributed by atoms with van der Waals surface area (Å²) in [7, 11) is 0. The smallest absolute Gasteiger partial charge is 0.352 e. The number of nitro groups is 1. The Bertz CT molecular complexity index is 898. The molecule has 2 rings (SSSR count). The van der Waals surface area contributed by atoms with Crippen molar-refractivity contribution < 1.29 is 19.2 Å². The number of nitrogens with zero attached hydrogens (tertiary/aromatic N) is 4. The molecule has 0 saturated heterocycles. The third kappa shape index (κ3) is 4.72. The molecular formula is C16H16ClN5O5S. The van der Waals surface area contributed by atoms with E-state index in [1.807, 2.05) is 6.07 Å². The van der Waals surface area contributed by atoms with Crippen LogP contribution in [0.2, 0.25) is 5.02 Å². The lowest BCUT2D eigenvalue weighted by molar-refractivity contribution is -0.419. The van der Waals surface area contributed by atoms with Crippen LogP contribution in [0.3, 0.4) is 0 Å². The van der Waals surface area contributed by atoms with Crippen LogP contribution < -0.4 is 10.6 Å². The molecular weight excluding hydrogens is 410 g/mol. The maximum absolute atomic E-state index is 11.9. The van der Waals surface area contributed by atoms with E-state index in [-0.39, 0.29) is 34.5 Å². The monoisotopic (exact) mass is 425 g/mol. The van der Waals surface area contributed by atoms with Crippen LogP contribution in [-0.2, 0) is 9.53 Å². The highest BCUT2D eigenvalue weighted by atomic mass is 35.5. The number of hydrazine groups is 1.